The molecule has 2 N–H and O–H groups in total. The van der Waals surface area contributed by atoms with Crippen molar-refractivity contribution >= 4 is 0 Å². The second-order valence-corrected chi connectivity index (χ2v) is 6.49. The Morgan fingerprint density at radius 2 is 1.75 bits per heavy atom. The van der Waals surface area contributed by atoms with Gasteiger partial charge in [0.15, 0.2) is 0 Å². The van der Waals surface area contributed by atoms with Gasteiger partial charge in [0.2, 0.25) is 0 Å². The fraction of sp³-hybridized carbons (Fsp3) is 0.389. The first-order valence-corrected chi connectivity index (χ1v) is 7.13. The Balaban J connectivity index is 2.13. The molecule has 0 spiro atoms. The van der Waals surface area contributed by atoms with Crippen LogP contribution in [0.15, 0.2) is 42.7 Å². The Kier molecular flexibility index (Phi) is 4.24. The summed E-state index contributed by atoms with van der Waals surface area (Å²) in [6.07, 6.45) is 4.54. The number of rotatable bonds is 3. The van der Waals surface area contributed by atoms with Crippen LogP contribution in [0.5, 0.6) is 0 Å². The molecule has 0 aliphatic rings. The molecule has 2 aromatic rings. The van der Waals surface area contributed by atoms with E-state index in [2.05, 4.69) is 56.9 Å². The molecule has 1 unspecified atom stereocenters. The molecule has 0 aliphatic carbocycles. The summed E-state index contributed by atoms with van der Waals surface area (Å²) in [4.78, 5) is 4.12. The van der Waals surface area contributed by atoms with E-state index >= 15 is 0 Å². The molecule has 20 heavy (non-hydrogen) atoms. The van der Waals surface area contributed by atoms with Crippen molar-refractivity contribution in [2.75, 3.05) is 0 Å². The lowest BCUT2D eigenvalue weighted by Crippen LogP contribution is -2.15. The van der Waals surface area contributed by atoms with Crippen molar-refractivity contribution < 1.29 is 0 Å². The van der Waals surface area contributed by atoms with Crippen molar-refractivity contribution in [2.45, 2.75) is 45.6 Å². The molecule has 2 heteroatoms. The van der Waals surface area contributed by atoms with Crippen LogP contribution in [0.2, 0.25) is 0 Å². The number of pyridine rings is 1. The van der Waals surface area contributed by atoms with Gasteiger partial charge in [0, 0.05) is 18.4 Å². The number of hydrogen-bond acceptors (Lipinski definition) is 2. The Morgan fingerprint density at radius 1 is 1.10 bits per heavy atom. The summed E-state index contributed by atoms with van der Waals surface area (Å²) < 4.78 is 0. The van der Waals surface area contributed by atoms with Crippen LogP contribution in [0, 0.1) is 6.92 Å². The molecule has 1 aromatic carbocycles. The number of aryl methyl sites for hydroxylation is 1. The highest BCUT2D eigenvalue weighted by Crippen LogP contribution is 2.24. The largest absolute Gasteiger partial charge is 0.324 e. The van der Waals surface area contributed by atoms with Gasteiger partial charge in [0.1, 0.15) is 0 Å². The van der Waals surface area contributed by atoms with Crippen molar-refractivity contribution in [1.29, 1.82) is 0 Å². The molecule has 0 saturated carbocycles. The maximum absolute atomic E-state index is 6.32. The summed E-state index contributed by atoms with van der Waals surface area (Å²) >= 11 is 0. The van der Waals surface area contributed by atoms with Gasteiger partial charge < -0.3 is 5.73 Å². The molecule has 2 nitrogen and oxygen atoms in total. The molecular formula is C18H24N2. The van der Waals surface area contributed by atoms with E-state index in [1.165, 1.54) is 16.7 Å². The standard InChI is InChI=1S/C18H24N2/c1-13-12-20-10-9-16(13)17(19)11-14-5-7-15(8-6-14)18(2,3)4/h5-10,12,17H,11,19H2,1-4H3. The zero-order chi connectivity index (χ0) is 14.8. The second kappa shape index (κ2) is 5.76. The molecule has 0 amide bonds. The van der Waals surface area contributed by atoms with E-state index in [0.717, 1.165) is 12.0 Å². The van der Waals surface area contributed by atoms with E-state index in [1.807, 2.05) is 18.5 Å². The van der Waals surface area contributed by atoms with E-state index in [4.69, 9.17) is 5.73 Å². The van der Waals surface area contributed by atoms with Crippen LogP contribution in [0.1, 0.15) is 49.1 Å². The number of nitrogens with zero attached hydrogens (tertiary/aromatic N) is 1. The Labute approximate surface area is 122 Å². The first-order chi connectivity index (χ1) is 9.38. The number of hydrogen-bond donors (Lipinski definition) is 1. The minimum Gasteiger partial charge on any atom is -0.324 e. The zero-order valence-corrected chi connectivity index (χ0v) is 12.9. The monoisotopic (exact) mass is 268 g/mol. The highest BCUT2D eigenvalue weighted by atomic mass is 14.7. The zero-order valence-electron chi connectivity index (χ0n) is 12.9. The summed E-state index contributed by atoms with van der Waals surface area (Å²) in [7, 11) is 0. The molecule has 1 aromatic heterocycles. The average molecular weight is 268 g/mol. The molecule has 2 rings (SSSR count). The van der Waals surface area contributed by atoms with Gasteiger partial charge >= 0.3 is 0 Å². The maximum Gasteiger partial charge on any atom is 0.0339 e. The lowest BCUT2D eigenvalue weighted by molar-refractivity contribution is 0.589. The van der Waals surface area contributed by atoms with Gasteiger partial charge in [-0.05, 0) is 47.1 Å². The van der Waals surface area contributed by atoms with E-state index in [-0.39, 0.29) is 11.5 Å². The Morgan fingerprint density at radius 3 is 2.30 bits per heavy atom. The van der Waals surface area contributed by atoms with Crippen molar-refractivity contribution in [3.8, 4) is 0 Å². The molecule has 1 heterocycles. The topological polar surface area (TPSA) is 38.9 Å². The van der Waals surface area contributed by atoms with Crippen LogP contribution in [0.25, 0.3) is 0 Å². The van der Waals surface area contributed by atoms with Gasteiger partial charge in [0.05, 0.1) is 0 Å². The molecule has 0 aliphatic heterocycles. The molecule has 0 saturated heterocycles. The van der Waals surface area contributed by atoms with Crippen molar-refractivity contribution in [3.05, 3.63) is 65.0 Å². The molecule has 0 radical (unpaired) electrons. The normalized spacial score (nSPS) is 13.2. The van der Waals surface area contributed by atoms with Gasteiger partial charge in [0.25, 0.3) is 0 Å². The number of aromatic nitrogens is 1. The van der Waals surface area contributed by atoms with Crippen LogP contribution in [0.3, 0.4) is 0 Å². The lowest BCUT2D eigenvalue weighted by atomic mass is 9.86. The number of benzene rings is 1. The Hall–Kier alpha value is -1.67. The third-order valence-electron chi connectivity index (χ3n) is 3.74. The predicted molar refractivity (Wildman–Crippen MR) is 84.7 cm³/mol. The first kappa shape index (κ1) is 14.7. The molecule has 0 bridgehead atoms. The van der Waals surface area contributed by atoms with E-state index in [0.29, 0.717) is 0 Å². The molecule has 106 valence electrons. The van der Waals surface area contributed by atoms with E-state index < -0.39 is 0 Å². The van der Waals surface area contributed by atoms with Crippen molar-refractivity contribution in [2.24, 2.45) is 5.73 Å². The minimum atomic E-state index is 0.0264. The van der Waals surface area contributed by atoms with Crippen LogP contribution in [-0.4, -0.2) is 4.98 Å². The van der Waals surface area contributed by atoms with Crippen molar-refractivity contribution in [1.82, 2.24) is 4.98 Å². The van der Waals surface area contributed by atoms with Gasteiger partial charge in [-0.3, -0.25) is 4.98 Å². The van der Waals surface area contributed by atoms with Gasteiger partial charge in [-0.15, -0.1) is 0 Å². The summed E-state index contributed by atoms with van der Waals surface area (Å²) in [5.74, 6) is 0. The van der Waals surface area contributed by atoms with Crippen LogP contribution in [0.4, 0.5) is 0 Å². The minimum absolute atomic E-state index is 0.0264. The average Bonchev–Trinajstić information content (AvgIpc) is 2.38. The summed E-state index contributed by atoms with van der Waals surface area (Å²) in [6, 6.07) is 10.8. The summed E-state index contributed by atoms with van der Waals surface area (Å²) in [6.45, 7) is 8.75. The molecule has 0 fully saturated rings. The fourth-order valence-corrected chi connectivity index (χ4v) is 2.40. The van der Waals surface area contributed by atoms with Crippen LogP contribution >= 0.6 is 0 Å². The highest BCUT2D eigenvalue weighted by molar-refractivity contribution is 5.31. The van der Waals surface area contributed by atoms with Gasteiger partial charge in [-0.1, -0.05) is 45.0 Å². The van der Waals surface area contributed by atoms with Gasteiger partial charge in [-0.2, -0.15) is 0 Å². The second-order valence-electron chi connectivity index (χ2n) is 6.49. The smallest absolute Gasteiger partial charge is 0.0339 e. The first-order valence-electron chi connectivity index (χ1n) is 7.13. The third kappa shape index (κ3) is 3.45. The van der Waals surface area contributed by atoms with Crippen LogP contribution < -0.4 is 5.73 Å². The summed E-state index contributed by atoms with van der Waals surface area (Å²) in [5, 5.41) is 0. The third-order valence-corrected chi connectivity index (χ3v) is 3.74. The SMILES string of the molecule is Cc1cnccc1C(N)Cc1ccc(C(C)(C)C)cc1. The van der Waals surface area contributed by atoms with Gasteiger partial charge in [-0.25, -0.2) is 0 Å². The maximum atomic E-state index is 6.32. The quantitative estimate of drug-likeness (QED) is 0.916. The highest BCUT2D eigenvalue weighted by Gasteiger charge is 2.14. The van der Waals surface area contributed by atoms with Crippen molar-refractivity contribution in [3.63, 3.8) is 0 Å². The Bertz CT molecular complexity index is 565. The number of nitrogens with two attached hydrogens (primary N) is 1. The van der Waals surface area contributed by atoms with E-state index in [9.17, 15) is 0 Å². The molecule has 1 atom stereocenters. The summed E-state index contributed by atoms with van der Waals surface area (Å²) in [5.41, 5.74) is 11.5. The molecular weight excluding hydrogens is 244 g/mol. The van der Waals surface area contributed by atoms with Crippen LogP contribution in [-0.2, 0) is 11.8 Å². The predicted octanol–water partition coefficient (Wildman–Crippen LogP) is 3.93. The van der Waals surface area contributed by atoms with E-state index in [1.54, 1.807) is 0 Å². The lowest BCUT2D eigenvalue weighted by Gasteiger charge is -2.20. The fourth-order valence-electron chi connectivity index (χ4n) is 2.40.